The number of nitrogens with one attached hydrogen (secondary N) is 2. The van der Waals surface area contributed by atoms with Crippen molar-refractivity contribution in [2.24, 2.45) is 0 Å². The maximum atomic E-state index is 13.0. The van der Waals surface area contributed by atoms with E-state index in [1.807, 2.05) is 6.92 Å². The van der Waals surface area contributed by atoms with Gasteiger partial charge in [0.15, 0.2) is 0 Å². The molecule has 5 nitrogen and oxygen atoms in total. The molecule has 6 heteroatoms. The zero-order chi connectivity index (χ0) is 13.9. The predicted molar refractivity (Wildman–Crippen MR) is 68.8 cm³/mol. The highest BCUT2D eigenvalue weighted by Gasteiger charge is 2.33. The molecule has 0 atom stereocenters. The Balaban J connectivity index is 1.91. The number of anilines is 1. The van der Waals surface area contributed by atoms with E-state index in [2.05, 4.69) is 10.6 Å². The first-order valence-corrected chi connectivity index (χ1v) is 6.00. The number of rotatable bonds is 5. The lowest BCUT2D eigenvalue weighted by Crippen LogP contribution is -2.59. The minimum Gasteiger partial charge on any atom is -0.494 e. The van der Waals surface area contributed by atoms with E-state index in [1.54, 1.807) is 0 Å². The molecule has 1 aliphatic rings. The molecule has 104 valence electrons. The molecule has 1 aromatic rings. The van der Waals surface area contributed by atoms with Crippen molar-refractivity contribution in [3.63, 3.8) is 0 Å². The fourth-order valence-corrected chi connectivity index (χ4v) is 1.77. The van der Waals surface area contributed by atoms with Crippen molar-refractivity contribution in [3.05, 3.63) is 24.0 Å². The van der Waals surface area contributed by atoms with Crippen LogP contribution in [-0.4, -0.2) is 38.3 Å². The number of hydrogen-bond acceptors (Lipinski definition) is 4. The summed E-state index contributed by atoms with van der Waals surface area (Å²) >= 11 is 0. The van der Waals surface area contributed by atoms with Crippen molar-refractivity contribution in [3.8, 4) is 5.75 Å². The molecule has 1 heterocycles. The van der Waals surface area contributed by atoms with Gasteiger partial charge >= 0.3 is 0 Å². The Morgan fingerprint density at radius 1 is 1.53 bits per heavy atom. The number of ether oxygens (including phenoxy) is 2. The first-order chi connectivity index (χ1) is 9.02. The van der Waals surface area contributed by atoms with Crippen LogP contribution >= 0.6 is 0 Å². The Morgan fingerprint density at radius 3 is 2.84 bits per heavy atom. The standard InChI is InChI=1S/C13H17FN2O3/c1-13(7-15-8-13)19-6-12(17)16-10-4-3-9(14)5-11(10)18-2/h3-5,15H,6-8H2,1-2H3,(H,16,17). The van der Waals surface area contributed by atoms with E-state index >= 15 is 0 Å². The van der Waals surface area contributed by atoms with Crippen LogP contribution in [0.1, 0.15) is 6.92 Å². The molecular weight excluding hydrogens is 251 g/mol. The number of halogens is 1. The van der Waals surface area contributed by atoms with E-state index < -0.39 is 5.82 Å². The summed E-state index contributed by atoms with van der Waals surface area (Å²) in [6.45, 7) is 3.37. The van der Waals surface area contributed by atoms with Gasteiger partial charge in [0.25, 0.3) is 5.91 Å². The molecule has 0 spiro atoms. The van der Waals surface area contributed by atoms with Crippen LogP contribution in [0.4, 0.5) is 10.1 Å². The number of carbonyl (C=O) groups excluding carboxylic acids is 1. The topological polar surface area (TPSA) is 59.6 Å². The number of amides is 1. The van der Waals surface area contributed by atoms with Crippen molar-refractivity contribution in [2.75, 3.05) is 32.1 Å². The van der Waals surface area contributed by atoms with Gasteiger partial charge in [0.2, 0.25) is 0 Å². The lowest BCUT2D eigenvalue weighted by molar-refractivity contribution is -0.130. The summed E-state index contributed by atoms with van der Waals surface area (Å²) in [4.78, 5) is 11.7. The van der Waals surface area contributed by atoms with E-state index in [-0.39, 0.29) is 23.9 Å². The highest BCUT2D eigenvalue weighted by atomic mass is 19.1. The molecule has 0 aromatic heterocycles. The van der Waals surface area contributed by atoms with Crippen LogP contribution in [0.25, 0.3) is 0 Å². The second kappa shape index (κ2) is 5.54. The van der Waals surface area contributed by atoms with Gasteiger partial charge in [-0.3, -0.25) is 4.79 Å². The van der Waals surface area contributed by atoms with Gasteiger partial charge in [0.05, 0.1) is 18.4 Å². The molecule has 1 aromatic carbocycles. The Kier molecular flexibility index (Phi) is 4.01. The molecule has 1 amide bonds. The zero-order valence-corrected chi connectivity index (χ0v) is 11.0. The van der Waals surface area contributed by atoms with Gasteiger partial charge in [-0.2, -0.15) is 0 Å². The molecule has 0 saturated carbocycles. The van der Waals surface area contributed by atoms with E-state index in [1.165, 1.54) is 25.3 Å². The average Bonchev–Trinajstić information content (AvgIpc) is 2.36. The molecule has 0 bridgehead atoms. The van der Waals surface area contributed by atoms with Crippen LogP contribution in [-0.2, 0) is 9.53 Å². The second-order valence-electron chi connectivity index (χ2n) is 4.73. The van der Waals surface area contributed by atoms with Gasteiger partial charge in [-0.1, -0.05) is 0 Å². The highest BCUT2D eigenvalue weighted by molar-refractivity contribution is 5.93. The number of methoxy groups -OCH3 is 1. The van der Waals surface area contributed by atoms with E-state index in [0.29, 0.717) is 5.69 Å². The van der Waals surface area contributed by atoms with E-state index in [0.717, 1.165) is 13.1 Å². The Bertz CT molecular complexity index is 475. The molecule has 0 radical (unpaired) electrons. The third-order valence-corrected chi connectivity index (χ3v) is 2.99. The van der Waals surface area contributed by atoms with Crippen LogP contribution in [0.3, 0.4) is 0 Å². The first-order valence-electron chi connectivity index (χ1n) is 6.00. The maximum Gasteiger partial charge on any atom is 0.250 e. The summed E-state index contributed by atoms with van der Waals surface area (Å²) in [5.74, 6) is -0.429. The number of hydrogen-bond donors (Lipinski definition) is 2. The average molecular weight is 268 g/mol. The minimum absolute atomic E-state index is 0.0429. The first kappa shape index (κ1) is 13.8. The second-order valence-corrected chi connectivity index (χ2v) is 4.73. The Hall–Kier alpha value is -1.66. The molecule has 1 saturated heterocycles. The Morgan fingerprint density at radius 2 is 2.26 bits per heavy atom. The zero-order valence-electron chi connectivity index (χ0n) is 11.0. The van der Waals surface area contributed by atoms with Crippen molar-refractivity contribution in [1.29, 1.82) is 0 Å². The van der Waals surface area contributed by atoms with Crippen molar-refractivity contribution in [1.82, 2.24) is 5.32 Å². The molecule has 1 aliphatic heterocycles. The lowest BCUT2D eigenvalue weighted by atomic mass is 10.0. The fraction of sp³-hybridized carbons (Fsp3) is 0.462. The van der Waals surface area contributed by atoms with Gasteiger partial charge in [-0.05, 0) is 19.1 Å². The van der Waals surface area contributed by atoms with E-state index in [4.69, 9.17) is 9.47 Å². The van der Waals surface area contributed by atoms with E-state index in [9.17, 15) is 9.18 Å². The minimum atomic E-state index is -0.417. The van der Waals surface area contributed by atoms with Gasteiger partial charge in [0.1, 0.15) is 18.2 Å². The molecule has 19 heavy (non-hydrogen) atoms. The van der Waals surface area contributed by atoms with Gasteiger partial charge in [0, 0.05) is 19.2 Å². The van der Waals surface area contributed by atoms with Gasteiger partial charge < -0.3 is 20.1 Å². The molecule has 1 fully saturated rings. The third-order valence-electron chi connectivity index (χ3n) is 2.99. The summed E-state index contributed by atoms with van der Waals surface area (Å²) in [5.41, 5.74) is 0.152. The monoisotopic (exact) mass is 268 g/mol. The summed E-state index contributed by atoms with van der Waals surface area (Å²) in [5, 5.41) is 5.71. The van der Waals surface area contributed by atoms with Crippen molar-refractivity contribution >= 4 is 11.6 Å². The highest BCUT2D eigenvalue weighted by Crippen LogP contribution is 2.25. The van der Waals surface area contributed by atoms with Crippen LogP contribution in [0.15, 0.2) is 18.2 Å². The third kappa shape index (κ3) is 3.42. The van der Waals surface area contributed by atoms with Crippen LogP contribution < -0.4 is 15.4 Å². The van der Waals surface area contributed by atoms with Gasteiger partial charge in [-0.15, -0.1) is 0 Å². The lowest BCUT2D eigenvalue weighted by Gasteiger charge is -2.38. The summed E-state index contributed by atoms with van der Waals surface area (Å²) in [7, 11) is 1.42. The van der Waals surface area contributed by atoms with Crippen LogP contribution in [0.5, 0.6) is 5.75 Å². The van der Waals surface area contributed by atoms with Crippen LogP contribution in [0.2, 0.25) is 0 Å². The SMILES string of the molecule is COc1cc(F)ccc1NC(=O)COC1(C)CNC1. The van der Waals surface area contributed by atoms with Crippen LogP contribution in [0, 0.1) is 5.82 Å². The molecule has 0 aliphatic carbocycles. The summed E-state index contributed by atoms with van der Waals surface area (Å²) in [6.07, 6.45) is 0. The predicted octanol–water partition coefficient (Wildman–Crippen LogP) is 1.15. The fourth-order valence-electron chi connectivity index (χ4n) is 1.77. The normalized spacial score (nSPS) is 16.6. The van der Waals surface area contributed by atoms with Crippen molar-refractivity contribution < 1.29 is 18.7 Å². The molecule has 2 rings (SSSR count). The maximum absolute atomic E-state index is 13.0. The summed E-state index contributed by atoms with van der Waals surface area (Å²) < 4.78 is 23.5. The molecule has 2 N–H and O–H groups in total. The van der Waals surface area contributed by atoms with Crippen molar-refractivity contribution in [2.45, 2.75) is 12.5 Å². The Labute approximate surface area is 111 Å². The van der Waals surface area contributed by atoms with Gasteiger partial charge in [-0.25, -0.2) is 4.39 Å². The largest absolute Gasteiger partial charge is 0.494 e. The number of benzene rings is 1. The number of carbonyl (C=O) groups is 1. The summed E-state index contributed by atoms with van der Waals surface area (Å²) in [6, 6.07) is 3.93. The molecule has 0 unspecified atom stereocenters. The molecular formula is C13H17FN2O3. The quantitative estimate of drug-likeness (QED) is 0.841. The smallest absolute Gasteiger partial charge is 0.250 e.